The van der Waals surface area contributed by atoms with Gasteiger partial charge in [-0.2, -0.15) is 0 Å². The van der Waals surface area contributed by atoms with E-state index in [-0.39, 0.29) is 23.6 Å². The SMILES string of the molecule is NC1CCN(CCn2c(=O)ccc3cccnc32)CC1.O=C1COc2ccc(CNC3CCN(CCn4c(=O)ccc5cccnc54)CC3)nc2N1. The van der Waals surface area contributed by atoms with Crippen LogP contribution < -0.4 is 32.2 Å². The highest BCUT2D eigenvalue weighted by atomic mass is 16.5. The largest absolute Gasteiger partial charge is 0.480 e. The van der Waals surface area contributed by atoms with Crippen molar-refractivity contribution in [2.45, 2.75) is 57.4 Å². The number of hydrogen-bond donors (Lipinski definition) is 3. The van der Waals surface area contributed by atoms with Gasteiger partial charge in [0.15, 0.2) is 18.2 Å². The lowest BCUT2D eigenvalue weighted by molar-refractivity contribution is -0.118. The number of pyridine rings is 5. The second-order valence-corrected chi connectivity index (χ2v) is 13.6. The fraction of sp³-hybridized carbons (Fsp3) is 0.421. The smallest absolute Gasteiger partial charge is 0.263 e. The summed E-state index contributed by atoms with van der Waals surface area (Å²) in [4.78, 5) is 53.9. The molecule has 4 N–H and O–H groups in total. The summed E-state index contributed by atoms with van der Waals surface area (Å²) in [6.45, 7) is 7.71. The number of amides is 1. The highest BCUT2D eigenvalue weighted by molar-refractivity contribution is 5.94. The Morgan fingerprint density at radius 3 is 1.90 bits per heavy atom. The Hall–Kier alpha value is -5.02. The number of anilines is 1. The topological polar surface area (TPSA) is 166 Å². The van der Waals surface area contributed by atoms with Crippen molar-refractivity contribution in [2.75, 3.05) is 51.2 Å². The first-order valence-corrected chi connectivity index (χ1v) is 18.1. The zero-order chi connectivity index (χ0) is 35.9. The van der Waals surface area contributed by atoms with Gasteiger partial charge in [-0.1, -0.05) is 0 Å². The van der Waals surface area contributed by atoms with Crippen molar-refractivity contribution in [3.63, 3.8) is 0 Å². The van der Waals surface area contributed by atoms with Crippen molar-refractivity contribution in [1.29, 1.82) is 0 Å². The van der Waals surface area contributed by atoms with Crippen LogP contribution in [0.4, 0.5) is 5.82 Å². The number of ether oxygens (including phenoxy) is 1. The quantitative estimate of drug-likeness (QED) is 0.206. The third-order valence-electron chi connectivity index (χ3n) is 10.1. The molecule has 0 saturated carbocycles. The van der Waals surface area contributed by atoms with Crippen LogP contribution in [0.1, 0.15) is 31.4 Å². The van der Waals surface area contributed by atoms with Gasteiger partial charge in [-0.3, -0.25) is 23.5 Å². The lowest BCUT2D eigenvalue weighted by Crippen LogP contribution is -2.43. The van der Waals surface area contributed by atoms with Crippen molar-refractivity contribution in [2.24, 2.45) is 5.73 Å². The molecule has 52 heavy (non-hydrogen) atoms. The van der Waals surface area contributed by atoms with E-state index in [9.17, 15) is 14.4 Å². The summed E-state index contributed by atoms with van der Waals surface area (Å²) in [5.74, 6) is 0.930. The number of piperidine rings is 2. The maximum atomic E-state index is 12.3. The molecule has 0 aromatic carbocycles. The number of carbonyl (C=O) groups is 1. The molecular formula is C38H46N10O4. The molecule has 0 aliphatic carbocycles. The van der Waals surface area contributed by atoms with E-state index < -0.39 is 0 Å². The first kappa shape index (κ1) is 35.4. The number of fused-ring (bicyclic) bond motifs is 3. The van der Waals surface area contributed by atoms with Gasteiger partial charge in [0.05, 0.1) is 5.69 Å². The Bertz CT molecular complexity index is 2120. The molecular weight excluding hydrogens is 660 g/mol. The van der Waals surface area contributed by atoms with E-state index in [0.29, 0.717) is 43.3 Å². The molecule has 0 unspecified atom stereocenters. The average molecular weight is 707 g/mol. The summed E-state index contributed by atoms with van der Waals surface area (Å²) in [5, 5.41) is 8.31. The number of nitrogens with zero attached hydrogens (tertiary/aromatic N) is 7. The van der Waals surface area contributed by atoms with Gasteiger partial charge in [0.25, 0.3) is 17.0 Å². The van der Waals surface area contributed by atoms with E-state index in [2.05, 4.69) is 35.4 Å². The van der Waals surface area contributed by atoms with Crippen LogP contribution in [0.5, 0.6) is 5.75 Å². The Labute approximate surface area is 301 Å². The predicted octanol–water partition coefficient (Wildman–Crippen LogP) is 2.20. The molecule has 0 atom stereocenters. The molecule has 272 valence electrons. The van der Waals surface area contributed by atoms with Crippen LogP contribution >= 0.6 is 0 Å². The summed E-state index contributed by atoms with van der Waals surface area (Å²) in [7, 11) is 0. The van der Waals surface area contributed by atoms with E-state index >= 15 is 0 Å². The fourth-order valence-electron chi connectivity index (χ4n) is 7.04. The van der Waals surface area contributed by atoms with Crippen LogP contribution in [0, 0.1) is 0 Å². The maximum absolute atomic E-state index is 12.3. The van der Waals surface area contributed by atoms with Gasteiger partial charge in [-0.05, 0) is 100 Å². The van der Waals surface area contributed by atoms with E-state index in [4.69, 9.17) is 10.5 Å². The minimum Gasteiger partial charge on any atom is -0.480 e. The lowest BCUT2D eigenvalue weighted by atomic mass is 10.0. The number of carbonyl (C=O) groups excluding carboxylic acids is 1. The normalized spacial score (nSPS) is 17.3. The van der Waals surface area contributed by atoms with E-state index in [1.165, 1.54) is 0 Å². The Morgan fingerprint density at radius 2 is 1.31 bits per heavy atom. The fourth-order valence-corrected chi connectivity index (χ4v) is 7.04. The summed E-state index contributed by atoms with van der Waals surface area (Å²) in [6.07, 6.45) is 7.62. The molecule has 8 rings (SSSR count). The second kappa shape index (κ2) is 16.5. The van der Waals surface area contributed by atoms with Gasteiger partial charge in [0.1, 0.15) is 11.3 Å². The Morgan fingerprint density at radius 1 is 0.731 bits per heavy atom. The van der Waals surface area contributed by atoms with Crippen LogP contribution in [0.3, 0.4) is 0 Å². The van der Waals surface area contributed by atoms with Crippen LogP contribution in [-0.4, -0.2) is 97.8 Å². The van der Waals surface area contributed by atoms with Gasteiger partial charge >= 0.3 is 0 Å². The summed E-state index contributed by atoms with van der Waals surface area (Å²) in [5.41, 5.74) is 8.31. The zero-order valence-corrected chi connectivity index (χ0v) is 29.3. The molecule has 1 amide bonds. The van der Waals surface area contributed by atoms with Gasteiger partial charge in [-0.25, -0.2) is 15.0 Å². The number of rotatable bonds is 9. The van der Waals surface area contributed by atoms with Crippen LogP contribution in [0.15, 0.2) is 82.6 Å². The molecule has 8 heterocycles. The number of nitrogens with one attached hydrogen (secondary N) is 2. The zero-order valence-electron chi connectivity index (χ0n) is 29.3. The summed E-state index contributed by atoms with van der Waals surface area (Å²) < 4.78 is 8.89. The van der Waals surface area contributed by atoms with Crippen molar-refractivity contribution in [3.8, 4) is 5.75 Å². The van der Waals surface area contributed by atoms with Crippen LogP contribution in [0.25, 0.3) is 22.1 Å². The van der Waals surface area contributed by atoms with Gasteiger partial charge in [0, 0.05) is 80.1 Å². The predicted molar refractivity (Wildman–Crippen MR) is 200 cm³/mol. The number of nitrogens with two attached hydrogens (primary N) is 1. The van der Waals surface area contributed by atoms with Crippen LogP contribution in [0.2, 0.25) is 0 Å². The third-order valence-corrected chi connectivity index (χ3v) is 10.1. The van der Waals surface area contributed by atoms with Crippen molar-refractivity contribution in [3.05, 3.63) is 99.5 Å². The van der Waals surface area contributed by atoms with E-state index in [1.807, 2.05) is 48.5 Å². The highest BCUT2D eigenvalue weighted by Crippen LogP contribution is 2.25. The van der Waals surface area contributed by atoms with Crippen molar-refractivity contribution >= 4 is 33.8 Å². The van der Waals surface area contributed by atoms with E-state index in [0.717, 1.165) is 92.7 Å². The molecule has 5 aromatic heterocycles. The molecule has 0 radical (unpaired) electrons. The number of aromatic nitrogens is 5. The molecule has 3 aliphatic heterocycles. The first-order valence-electron chi connectivity index (χ1n) is 18.1. The summed E-state index contributed by atoms with van der Waals surface area (Å²) in [6, 6.07) is 19.2. The van der Waals surface area contributed by atoms with Crippen molar-refractivity contribution in [1.82, 2.24) is 39.2 Å². The van der Waals surface area contributed by atoms with Crippen LogP contribution in [-0.2, 0) is 24.4 Å². The summed E-state index contributed by atoms with van der Waals surface area (Å²) >= 11 is 0. The highest BCUT2D eigenvalue weighted by Gasteiger charge is 2.21. The monoisotopic (exact) mass is 706 g/mol. The lowest BCUT2D eigenvalue weighted by Gasteiger charge is -2.32. The van der Waals surface area contributed by atoms with Gasteiger partial charge < -0.3 is 30.9 Å². The van der Waals surface area contributed by atoms with Gasteiger partial charge in [-0.15, -0.1) is 0 Å². The Balaban J connectivity index is 0.000000180. The molecule has 14 nitrogen and oxygen atoms in total. The minimum absolute atomic E-state index is 0.00751. The second-order valence-electron chi connectivity index (χ2n) is 13.6. The number of hydrogen-bond acceptors (Lipinski definition) is 11. The maximum Gasteiger partial charge on any atom is 0.263 e. The standard InChI is InChI=1S/C23H26N6O3.C15H20N4O/c30-20-15-32-19-5-4-18(26-22(19)27-20)14-25-17-7-10-28(11-8-17)12-13-29-21(31)6-3-16-2-1-9-24-23(16)29;16-13-5-8-18(9-6-13)10-11-19-14(20)4-3-12-2-1-7-17-15(12)19/h1-6,9,17,25H,7-8,10-15H2,(H,26,27,30);1-4,7,13H,5-6,8-11,16H2. The molecule has 2 fully saturated rings. The molecule has 0 bridgehead atoms. The van der Waals surface area contributed by atoms with Gasteiger partial charge in [0.2, 0.25) is 0 Å². The first-order chi connectivity index (χ1) is 25.4. The average Bonchev–Trinajstić information content (AvgIpc) is 3.17. The molecule has 3 aliphatic rings. The minimum atomic E-state index is -0.177. The third kappa shape index (κ3) is 8.70. The molecule has 2 saturated heterocycles. The number of likely N-dealkylation sites (tertiary alicyclic amines) is 2. The molecule has 5 aromatic rings. The molecule has 0 spiro atoms. The van der Waals surface area contributed by atoms with Crippen molar-refractivity contribution < 1.29 is 9.53 Å². The Kier molecular flexibility index (Phi) is 11.3. The van der Waals surface area contributed by atoms with E-state index in [1.54, 1.807) is 33.7 Å². The molecule has 14 heteroatoms.